The second-order valence-corrected chi connectivity index (χ2v) is 7.66. The molecule has 7 heteroatoms. The SMILES string of the molecule is O=C(Nc1cc(N2CCN(c3ccccc3)CC2)ncn1)c1ccc(-n2cccc2)cc1. The first-order valence-corrected chi connectivity index (χ1v) is 10.7. The Bertz CT molecular complexity index is 1170. The zero-order valence-electron chi connectivity index (χ0n) is 17.6. The van der Waals surface area contributed by atoms with Crippen molar-refractivity contribution in [1.29, 1.82) is 0 Å². The molecule has 1 aliphatic rings. The molecule has 5 rings (SSSR count). The molecule has 0 saturated carbocycles. The highest BCUT2D eigenvalue weighted by Crippen LogP contribution is 2.20. The Hall–Kier alpha value is -4.13. The van der Waals surface area contributed by atoms with Crippen molar-refractivity contribution in [3.05, 3.63) is 97.1 Å². The number of anilines is 3. The lowest BCUT2D eigenvalue weighted by molar-refractivity contribution is 0.102. The summed E-state index contributed by atoms with van der Waals surface area (Å²) < 4.78 is 2.00. The number of nitrogens with zero attached hydrogens (tertiary/aromatic N) is 5. The highest BCUT2D eigenvalue weighted by atomic mass is 16.1. The van der Waals surface area contributed by atoms with Crippen LogP contribution in [0, 0.1) is 0 Å². The van der Waals surface area contributed by atoms with E-state index in [1.807, 2.05) is 65.5 Å². The molecule has 2 aromatic heterocycles. The third kappa shape index (κ3) is 4.32. The zero-order valence-corrected chi connectivity index (χ0v) is 17.6. The maximum absolute atomic E-state index is 12.7. The lowest BCUT2D eigenvalue weighted by Gasteiger charge is -2.36. The highest BCUT2D eigenvalue weighted by Gasteiger charge is 2.19. The number of rotatable bonds is 5. The summed E-state index contributed by atoms with van der Waals surface area (Å²) in [4.78, 5) is 26.0. The Kier molecular flexibility index (Phi) is 5.53. The maximum atomic E-state index is 12.7. The van der Waals surface area contributed by atoms with E-state index >= 15 is 0 Å². The molecule has 7 nitrogen and oxygen atoms in total. The number of carbonyl (C=O) groups excluding carboxylic acids is 1. The summed E-state index contributed by atoms with van der Waals surface area (Å²) in [6.07, 6.45) is 5.44. The molecule has 1 amide bonds. The van der Waals surface area contributed by atoms with E-state index in [9.17, 15) is 4.79 Å². The first-order chi connectivity index (χ1) is 15.8. The Labute approximate surface area is 187 Å². The van der Waals surface area contributed by atoms with Crippen LogP contribution in [0.2, 0.25) is 0 Å². The fraction of sp³-hybridized carbons (Fsp3) is 0.160. The number of carbonyl (C=O) groups is 1. The summed E-state index contributed by atoms with van der Waals surface area (Å²) in [7, 11) is 0. The number of amides is 1. The van der Waals surface area contributed by atoms with Crippen LogP contribution in [0.25, 0.3) is 5.69 Å². The summed E-state index contributed by atoms with van der Waals surface area (Å²) in [5, 5.41) is 2.89. The molecule has 0 spiro atoms. The van der Waals surface area contributed by atoms with Gasteiger partial charge in [0.25, 0.3) is 5.91 Å². The van der Waals surface area contributed by atoms with Crippen LogP contribution >= 0.6 is 0 Å². The van der Waals surface area contributed by atoms with Gasteiger partial charge < -0.3 is 19.7 Å². The van der Waals surface area contributed by atoms with Crippen molar-refractivity contribution in [2.45, 2.75) is 0 Å². The fourth-order valence-electron chi connectivity index (χ4n) is 3.90. The number of hydrogen-bond donors (Lipinski definition) is 1. The largest absolute Gasteiger partial charge is 0.368 e. The van der Waals surface area contributed by atoms with Gasteiger partial charge in [-0.2, -0.15) is 0 Å². The first-order valence-electron chi connectivity index (χ1n) is 10.7. The summed E-state index contributed by atoms with van der Waals surface area (Å²) in [6.45, 7) is 3.56. The average molecular weight is 425 g/mol. The zero-order chi connectivity index (χ0) is 21.8. The quantitative estimate of drug-likeness (QED) is 0.527. The van der Waals surface area contributed by atoms with Crippen molar-refractivity contribution in [3.63, 3.8) is 0 Å². The minimum atomic E-state index is -0.192. The van der Waals surface area contributed by atoms with Gasteiger partial charge in [-0.05, 0) is 48.5 Å². The summed E-state index contributed by atoms with van der Waals surface area (Å²) in [5.74, 6) is 1.13. The smallest absolute Gasteiger partial charge is 0.256 e. The third-order valence-corrected chi connectivity index (χ3v) is 5.65. The number of piperazine rings is 1. The van der Waals surface area contributed by atoms with Gasteiger partial charge >= 0.3 is 0 Å². The number of aromatic nitrogens is 3. The van der Waals surface area contributed by atoms with Crippen molar-refractivity contribution in [2.75, 3.05) is 41.3 Å². The Balaban J connectivity index is 1.22. The van der Waals surface area contributed by atoms with Crippen LogP contribution in [0.5, 0.6) is 0 Å². The van der Waals surface area contributed by atoms with Gasteiger partial charge in [0.2, 0.25) is 0 Å². The topological polar surface area (TPSA) is 66.3 Å². The van der Waals surface area contributed by atoms with Crippen LogP contribution in [0.3, 0.4) is 0 Å². The first kappa shape index (κ1) is 19.8. The van der Waals surface area contributed by atoms with Gasteiger partial charge in [0, 0.05) is 61.6 Å². The van der Waals surface area contributed by atoms with E-state index in [4.69, 9.17) is 0 Å². The Morgan fingerprint density at radius 1 is 0.750 bits per heavy atom. The molecule has 0 aliphatic carbocycles. The molecular weight excluding hydrogens is 400 g/mol. The van der Waals surface area contributed by atoms with Crippen molar-refractivity contribution >= 4 is 23.2 Å². The molecule has 1 fully saturated rings. The average Bonchev–Trinajstić information content (AvgIpc) is 3.40. The van der Waals surface area contributed by atoms with Gasteiger partial charge in [-0.3, -0.25) is 4.79 Å². The molecule has 1 N–H and O–H groups in total. The second-order valence-electron chi connectivity index (χ2n) is 7.66. The molecule has 1 saturated heterocycles. The van der Waals surface area contributed by atoms with Gasteiger partial charge in [-0.1, -0.05) is 18.2 Å². The van der Waals surface area contributed by atoms with Crippen LogP contribution in [-0.2, 0) is 0 Å². The molecule has 160 valence electrons. The lowest BCUT2D eigenvalue weighted by Crippen LogP contribution is -2.46. The second kappa shape index (κ2) is 8.93. The van der Waals surface area contributed by atoms with Gasteiger partial charge in [-0.15, -0.1) is 0 Å². The van der Waals surface area contributed by atoms with Crippen molar-refractivity contribution in [3.8, 4) is 5.69 Å². The number of benzene rings is 2. The third-order valence-electron chi connectivity index (χ3n) is 5.65. The molecule has 0 atom stereocenters. The van der Waals surface area contributed by atoms with Crippen LogP contribution < -0.4 is 15.1 Å². The molecule has 0 bridgehead atoms. The number of hydrogen-bond acceptors (Lipinski definition) is 5. The Morgan fingerprint density at radius 3 is 2.16 bits per heavy atom. The van der Waals surface area contributed by atoms with E-state index in [0.29, 0.717) is 11.4 Å². The van der Waals surface area contributed by atoms with Crippen molar-refractivity contribution < 1.29 is 4.79 Å². The highest BCUT2D eigenvalue weighted by molar-refractivity contribution is 6.04. The summed E-state index contributed by atoms with van der Waals surface area (Å²) in [6, 6.07) is 23.7. The van der Waals surface area contributed by atoms with Gasteiger partial charge in [0.15, 0.2) is 0 Å². The predicted molar refractivity (Wildman–Crippen MR) is 127 cm³/mol. The minimum absolute atomic E-state index is 0.192. The summed E-state index contributed by atoms with van der Waals surface area (Å²) >= 11 is 0. The van der Waals surface area contributed by atoms with Crippen LogP contribution in [0.4, 0.5) is 17.3 Å². The molecular formula is C25H24N6O. The molecule has 4 aromatic rings. The maximum Gasteiger partial charge on any atom is 0.256 e. The molecule has 0 radical (unpaired) electrons. The van der Waals surface area contributed by atoms with Crippen LogP contribution in [0.15, 0.2) is 91.5 Å². The van der Waals surface area contributed by atoms with E-state index in [1.54, 1.807) is 0 Å². The van der Waals surface area contributed by atoms with Crippen molar-refractivity contribution in [1.82, 2.24) is 14.5 Å². The molecule has 0 unspecified atom stereocenters. The number of para-hydroxylation sites is 1. The van der Waals surface area contributed by atoms with Gasteiger partial charge in [0.05, 0.1) is 0 Å². The van der Waals surface area contributed by atoms with Gasteiger partial charge in [-0.25, -0.2) is 9.97 Å². The molecule has 32 heavy (non-hydrogen) atoms. The van der Waals surface area contributed by atoms with E-state index in [1.165, 1.54) is 12.0 Å². The Morgan fingerprint density at radius 2 is 1.44 bits per heavy atom. The van der Waals surface area contributed by atoms with E-state index in [2.05, 4.69) is 49.4 Å². The normalized spacial score (nSPS) is 13.8. The lowest BCUT2D eigenvalue weighted by atomic mass is 10.2. The monoisotopic (exact) mass is 424 g/mol. The molecule has 1 aliphatic heterocycles. The van der Waals surface area contributed by atoms with E-state index in [-0.39, 0.29) is 5.91 Å². The van der Waals surface area contributed by atoms with E-state index in [0.717, 1.165) is 37.7 Å². The van der Waals surface area contributed by atoms with Crippen molar-refractivity contribution in [2.24, 2.45) is 0 Å². The van der Waals surface area contributed by atoms with Gasteiger partial charge in [0.1, 0.15) is 18.0 Å². The standard InChI is InChI=1S/C25H24N6O/c32-25(20-8-10-22(11-9-20)29-12-4-5-13-29)28-23-18-24(27-19-26-23)31-16-14-30(15-17-31)21-6-2-1-3-7-21/h1-13,18-19H,14-17H2,(H,26,27,28,32). The fourth-order valence-corrected chi connectivity index (χ4v) is 3.90. The van der Waals surface area contributed by atoms with Crippen LogP contribution in [-0.4, -0.2) is 46.6 Å². The molecule has 2 aromatic carbocycles. The molecule has 3 heterocycles. The summed E-state index contributed by atoms with van der Waals surface area (Å²) in [5.41, 5.74) is 2.83. The van der Waals surface area contributed by atoms with E-state index < -0.39 is 0 Å². The number of nitrogens with one attached hydrogen (secondary N) is 1. The minimum Gasteiger partial charge on any atom is -0.368 e. The predicted octanol–water partition coefficient (Wildman–Crippen LogP) is 3.85. The van der Waals surface area contributed by atoms with Crippen LogP contribution in [0.1, 0.15) is 10.4 Å².